The van der Waals surface area contributed by atoms with Crippen LogP contribution in [0.1, 0.15) is 17.5 Å². The second-order valence-corrected chi connectivity index (χ2v) is 8.51. The average molecular weight is 406 g/mol. The van der Waals surface area contributed by atoms with Crippen LogP contribution < -0.4 is 5.32 Å². The lowest BCUT2D eigenvalue weighted by atomic mass is 10.2. The fraction of sp³-hybridized carbons (Fsp3) is 0.429. The monoisotopic (exact) mass is 405 g/mol. The van der Waals surface area contributed by atoms with Crippen molar-refractivity contribution < 1.29 is 22.1 Å². The maximum atomic E-state index is 12.6. The molecule has 3 rings (SSSR count). The highest BCUT2D eigenvalue weighted by Crippen LogP contribution is 2.17. The SMILES string of the molecule is Cc1ccc(S(=O)(=O)O[C@H](COCc2ccccc2)CO[C@H]2CCNC2)cc1. The lowest BCUT2D eigenvalue weighted by Crippen LogP contribution is -2.31. The summed E-state index contributed by atoms with van der Waals surface area (Å²) in [6.45, 7) is 4.24. The van der Waals surface area contributed by atoms with Crippen molar-refractivity contribution in [2.45, 2.75) is 37.1 Å². The predicted molar refractivity (Wildman–Crippen MR) is 107 cm³/mol. The molecule has 1 N–H and O–H groups in total. The molecule has 28 heavy (non-hydrogen) atoms. The van der Waals surface area contributed by atoms with Gasteiger partial charge in [-0.1, -0.05) is 48.0 Å². The molecule has 0 amide bonds. The molecule has 0 aromatic heterocycles. The van der Waals surface area contributed by atoms with E-state index in [0.29, 0.717) is 6.61 Å². The first-order chi connectivity index (χ1) is 13.5. The first kappa shape index (κ1) is 21.0. The molecule has 1 aliphatic heterocycles. The lowest BCUT2D eigenvalue weighted by Gasteiger charge is -2.20. The molecule has 2 aromatic carbocycles. The fourth-order valence-electron chi connectivity index (χ4n) is 2.94. The maximum Gasteiger partial charge on any atom is 0.297 e. The van der Waals surface area contributed by atoms with E-state index in [0.717, 1.165) is 30.6 Å². The molecule has 2 atom stereocenters. The van der Waals surface area contributed by atoms with Crippen LogP contribution in [0.4, 0.5) is 0 Å². The minimum atomic E-state index is -3.89. The molecule has 7 heteroatoms. The van der Waals surface area contributed by atoms with E-state index in [-0.39, 0.29) is 24.2 Å². The smallest absolute Gasteiger partial charge is 0.297 e. The van der Waals surface area contributed by atoms with Crippen LogP contribution in [0.5, 0.6) is 0 Å². The van der Waals surface area contributed by atoms with E-state index in [1.807, 2.05) is 37.3 Å². The third-order valence-corrected chi connectivity index (χ3v) is 5.90. The van der Waals surface area contributed by atoms with Gasteiger partial charge < -0.3 is 14.8 Å². The first-order valence-electron chi connectivity index (χ1n) is 9.47. The standard InChI is InChI=1S/C21H27NO5S/c1-17-7-9-21(10-8-17)28(23,24)27-20(16-26-19-11-12-22-13-19)15-25-14-18-5-3-2-4-6-18/h2-10,19-20,22H,11-16H2,1H3/t19-,20+/m0/s1. The molecular formula is C21H27NO5S. The topological polar surface area (TPSA) is 73.9 Å². The molecule has 0 bridgehead atoms. The summed E-state index contributed by atoms with van der Waals surface area (Å²) < 4.78 is 42.3. The molecule has 0 unspecified atom stereocenters. The Hall–Kier alpha value is -1.77. The number of rotatable bonds is 10. The van der Waals surface area contributed by atoms with Gasteiger partial charge in [-0.2, -0.15) is 8.42 Å². The van der Waals surface area contributed by atoms with Gasteiger partial charge in [0.2, 0.25) is 0 Å². The van der Waals surface area contributed by atoms with Crippen LogP contribution >= 0.6 is 0 Å². The highest BCUT2D eigenvalue weighted by molar-refractivity contribution is 7.86. The van der Waals surface area contributed by atoms with E-state index in [1.54, 1.807) is 24.3 Å². The molecule has 1 aliphatic rings. The quantitative estimate of drug-likeness (QED) is 0.613. The summed E-state index contributed by atoms with van der Waals surface area (Å²) in [6.07, 6.45) is 0.264. The molecule has 0 radical (unpaired) electrons. The van der Waals surface area contributed by atoms with Crippen LogP contribution in [-0.4, -0.2) is 46.9 Å². The summed E-state index contributed by atoms with van der Waals surface area (Å²) in [6, 6.07) is 16.3. The van der Waals surface area contributed by atoms with Crippen molar-refractivity contribution in [3.05, 3.63) is 65.7 Å². The normalized spacial score (nSPS) is 18.2. The van der Waals surface area contributed by atoms with Gasteiger partial charge in [-0.15, -0.1) is 0 Å². The molecule has 1 saturated heterocycles. The van der Waals surface area contributed by atoms with Gasteiger partial charge in [0, 0.05) is 6.54 Å². The van der Waals surface area contributed by atoms with Crippen molar-refractivity contribution in [3.63, 3.8) is 0 Å². The van der Waals surface area contributed by atoms with E-state index in [2.05, 4.69) is 5.32 Å². The van der Waals surface area contributed by atoms with Gasteiger partial charge in [0.25, 0.3) is 10.1 Å². The van der Waals surface area contributed by atoms with Gasteiger partial charge in [0.1, 0.15) is 6.10 Å². The van der Waals surface area contributed by atoms with Crippen molar-refractivity contribution >= 4 is 10.1 Å². The zero-order chi connectivity index (χ0) is 19.8. The third kappa shape index (κ3) is 6.39. The first-order valence-corrected chi connectivity index (χ1v) is 10.9. The molecule has 0 spiro atoms. The molecule has 1 heterocycles. The summed E-state index contributed by atoms with van der Waals surface area (Å²) in [5, 5.41) is 3.22. The number of hydrogen-bond acceptors (Lipinski definition) is 6. The number of benzene rings is 2. The highest BCUT2D eigenvalue weighted by atomic mass is 32.2. The van der Waals surface area contributed by atoms with E-state index in [4.69, 9.17) is 13.7 Å². The molecular weight excluding hydrogens is 378 g/mol. The predicted octanol–water partition coefficient (Wildman–Crippen LogP) is 2.66. The van der Waals surface area contributed by atoms with Crippen LogP contribution in [-0.2, 0) is 30.4 Å². The minimum absolute atomic E-state index is 0.0716. The van der Waals surface area contributed by atoms with Crippen molar-refractivity contribution in [2.24, 2.45) is 0 Å². The Morgan fingerprint density at radius 2 is 1.82 bits per heavy atom. The third-order valence-electron chi connectivity index (χ3n) is 4.52. The van der Waals surface area contributed by atoms with E-state index < -0.39 is 16.2 Å². The second kappa shape index (κ2) is 10.1. The van der Waals surface area contributed by atoms with Crippen LogP contribution in [0.3, 0.4) is 0 Å². The van der Waals surface area contributed by atoms with Gasteiger partial charge in [-0.3, -0.25) is 4.18 Å². The Balaban J connectivity index is 1.61. The lowest BCUT2D eigenvalue weighted by molar-refractivity contribution is -0.0296. The Labute approximate surface area is 166 Å². The molecule has 2 aromatic rings. The molecule has 0 saturated carbocycles. The summed E-state index contributed by atoms with van der Waals surface area (Å²) >= 11 is 0. The van der Waals surface area contributed by atoms with Gasteiger partial charge in [-0.25, -0.2) is 0 Å². The summed E-state index contributed by atoms with van der Waals surface area (Å²) in [7, 11) is -3.89. The highest BCUT2D eigenvalue weighted by Gasteiger charge is 2.24. The minimum Gasteiger partial charge on any atom is -0.374 e. The Morgan fingerprint density at radius 3 is 2.50 bits per heavy atom. The second-order valence-electron chi connectivity index (χ2n) is 6.93. The summed E-state index contributed by atoms with van der Waals surface area (Å²) in [5.74, 6) is 0. The number of hydrogen-bond donors (Lipinski definition) is 1. The van der Waals surface area contributed by atoms with Gasteiger partial charge >= 0.3 is 0 Å². The van der Waals surface area contributed by atoms with Crippen LogP contribution in [0.2, 0.25) is 0 Å². The van der Waals surface area contributed by atoms with Crippen molar-refractivity contribution in [1.82, 2.24) is 5.32 Å². The zero-order valence-electron chi connectivity index (χ0n) is 16.0. The van der Waals surface area contributed by atoms with Gasteiger partial charge in [-0.05, 0) is 37.6 Å². The van der Waals surface area contributed by atoms with Crippen molar-refractivity contribution in [1.29, 1.82) is 0 Å². The largest absolute Gasteiger partial charge is 0.374 e. The van der Waals surface area contributed by atoms with Crippen molar-refractivity contribution in [2.75, 3.05) is 26.3 Å². The van der Waals surface area contributed by atoms with Gasteiger partial charge in [0.05, 0.1) is 30.8 Å². The Morgan fingerprint density at radius 1 is 1.07 bits per heavy atom. The summed E-state index contributed by atoms with van der Waals surface area (Å²) in [4.78, 5) is 0.133. The number of aryl methyl sites for hydroxylation is 1. The number of ether oxygens (including phenoxy) is 2. The van der Waals surface area contributed by atoms with Crippen molar-refractivity contribution in [3.8, 4) is 0 Å². The van der Waals surface area contributed by atoms with E-state index in [9.17, 15) is 8.42 Å². The Bertz CT molecular complexity index is 818. The van der Waals surface area contributed by atoms with Gasteiger partial charge in [0.15, 0.2) is 0 Å². The maximum absolute atomic E-state index is 12.6. The molecule has 1 fully saturated rings. The zero-order valence-corrected chi connectivity index (χ0v) is 16.9. The van der Waals surface area contributed by atoms with Crippen LogP contribution in [0.15, 0.2) is 59.5 Å². The Kier molecular flexibility index (Phi) is 7.58. The van der Waals surface area contributed by atoms with Crippen LogP contribution in [0, 0.1) is 6.92 Å². The molecule has 152 valence electrons. The summed E-state index contributed by atoms with van der Waals surface area (Å²) in [5.41, 5.74) is 2.00. The van der Waals surface area contributed by atoms with E-state index in [1.165, 1.54) is 0 Å². The fourth-order valence-corrected chi connectivity index (χ4v) is 3.99. The average Bonchev–Trinajstić information content (AvgIpc) is 3.21. The number of nitrogens with one attached hydrogen (secondary N) is 1. The molecule has 6 nitrogen and oxygen atoms in total. The van der Waals surface area contributed by atoms with Crippen LogP contribution in [0.25, 0.3) is 0 Å². The van der Waals surface area contributed by atoms with E-state index >= 15 is 0 Å². The molecule has 0 aliphatic carbocycles.